The maximum absolute atomic E-state index is 11.0. The van der Waals surface area contributed by atoms with Gasteiger partial charge in [-0.3, -0.25) is 0 Å². The zero-order valence-electron chi connectivity index (χ0n) is 6.20. The van der Waals surface area contributed by atoms with Gasteiger partial charge in [0.05, 0.1) is 5.02 Å². The fourth-order valence-corrected chi connectivity index (χ4v) is 1.25. The molecule has 1 heterocycles. The van der Waals surface area contributed by atoms with Gasteiger partial charge in [0, 0.05) is 6.07 Å². The van der Waals surface area contributed by atoms with Crippen molar-refractivity contribution in [1.29, 1.82) is 0 Å². The van der Waals surface area contributed by atoms with Gasteiger partial charge in [0.25, 0.3) is 0 Å². The van der Waals surface area contributed by atoms with E-state index in [1.165, 1.54) is 12.1 Å². The lowest BCUT2D eigenvalue weighted by Crippen LogP contribution is -2.99. The first-order valence-corrected chi connectivity index (χ1v) is 3.75. The maximum atomic E-state index is 11.0. The van der Waals surface area contributed by atoms with Gasteiger partial charge in [-0.2, -0.15) is 4.94 Å². The van der Waals surface area contributed by atoms with Crippen LogP contribution in [0.15, 0.2) is 17.3 Å². The van der Waals surface area contributed by atoms with Crippen molar-refractivity contribution in [3.8, 4) is 0 Å². The van der Waals surface area contributed by atoms with Crippen molar-refractivity contribution in [1.82, 2.24) is 0 Å². The van der Waals surface area contributed by atoms with E-state index in [1.807, 2.05) is 0 Å². The summed E-state index contributed by atoms with van der Waals surface area (Å²) < 4.78 is 0. The number of benzene rings is 1. The fraction of sp³-hybridized carbons (Fsp3) is 0. The van der Waals surface area contributed by atoms with E-state index in [1.54, 1.807) is 5.94 Å². The van der Waals surface area contributed by atoms with Crippen LogP contribution in [0, 0.1) is 5.21 Å². The predicted octanol–water partition coefficient (Wildman–Crippen LogP) is -1.66. The van der Waals surface area contributed by atoms with Crippen molar-refractivity contribution in [2.75, 3.05) is 0 Å². The van der Waals surface area contributed by atoms with Crippen LogP contribution in [0.4, 0.5) is 5.69 Å². The molecular weight excluding hydrogens is 196 g/mol. The molecule has 0 fully saturated rings. The Balaban J connectivity index is 2.93. The summed E-state index contributed by atoms with van der Waals surface area (Å²) in [4.78, 5) is 14.8. The predicted molar refractivity (Wildman–Crippen MR) is 42.1 cm³/mol. The third-order valence-corrected chi connectivity index (χ3v) is 1.98. The normalized spacial score (nSPS) is 18.5. The molecule has 0 aliphatic carbocycles. The fourth-order valence-electron chi connectivity index (χ4n) is 1.06. The summed E-state index contributed by atoms with van der Waals surface area (Å²) in [6, 6.07) is 2.89. The number of nitrogens with one attached hydrogen (secondary N) is 1. The first kappa shape index (κ1) is 8.22. The highest BCUT2D eigenvalue weighted by molar-refractivity contribution is 6.30. The number of rotatable bonds is 0. The van der Waals surface area contributed by atoms with Gasteiger partial charge in [-0.05, 0) is 11.2 Å². The summed E-state index contributed by atoms with van der Waals surface area (Å²) in [5.41, 5.74) is 0.239. The van der Waals surface area contributed by atoms with Crippen molar-refractivity contribution in [3.05, 3.63) is 32.9 Å². The molecule has 1 atom stereocenters. The lowest BCUT2D eigenvalue weighted by molar-refractivity contribution is -0.993. The molecule has 0 radical (unpaired) electrons. The molecule has 0 amide bonds. The largest absolute Gasteiger partial charge is 0.584 e. The lowest BCUT2D eigenvalue weighted by Gasteiger charge is -2.08. The van der Waals surface area contributed by atoms with E-state index in [9.17, 15) is 10.0 Å². The van der Waals surface area contributed by atoms with Crippen LogP contribution >= 0.6 is 11.6 Å². The lowest BCUT2D eigenvalue weighted by atomic mass is 10.2. The Kier molecular flexibility index (Phi) is 1.79. The monoisotopic (exact) mass is 198 g/mol. The number of quaternary nitrogens is 1. The van der Waals surface area contributed by atoms with Crippen molar-refractivity contribution in [2.24, 2.45) is 5.16 Å². The van der Waals surface area contributed by atoms with Crippen LogP contribution in [-0.4, -0.2) is 5.94 Å². The molecule has 0 saturated carbocycles. The molecule has 0 bridgehead atoms. The van der Waals surface area contributed by atoms with Gasteiger partial charge in [-0.15, -0.1) is 5.23 Å². The number of fused-ring (bicyclic) bond motifs is 1. The minimum atomic E-state index is -0.580. The highest BCUT2D eigenvalue weighted by atomic mass is 35.5. The Morgan fingerprint density at radius 1 is 1.62 bits per heavy atom. The topological polar surface area (TPSA) is 66.2 Å². The van der Waals surface area contributed by atoms with Gasteiger partial charge < -0.3 is 5.21 Å². The second kappa shape index (κ2) is 2.83. The van der Waals surface area contributed by atoms with E-state index in [2.05, 4.69) is 10.1 Å². The Bertz CT molecular complexity index is 495. The molecule has 0 spiro atoms. The molecular formula is C7H3ClN2O3. The van der Waals surface area contributed by atoms with Gasteiger partial charge in [0.1, 0.15) is 11.2 Å². The minimum Gasteiger partial charge on any atom is -0.584 e. The third kappa shape index (κ3) is 1.11. The SMILES string of the molecule is O=C=c1c(Cl)ccc2c1=NO[NH+]2[O-]. The van der Waals surface area contributed by atoms with E-state index in [-0.39, 0.29) is 21.3 Å². The summed E-state index contributed by atoms with van der Waals surface area (Å²) >= 11 is 5.67. The molecule has 0 saturated heterocycles. The number of carbonyl (C=O) groups excluding carboxylic acids is 1. The molecule has 1 N–H and O–H groups in total. The zero-order valence-corrected chi connectivity index (χ0v) is 6.96. The van der Waals surface area contributed by atoms with Gasteiger partial charge in [-0.1, -0.05) is 11.6 Å². The second-order valence-electron chi connectivity index (χ2n) is 2.39. The molecule has 0 aromatic heterocycles. The highest BCUT2D eigenvalue weighted by Gasteiger charge is 2.17. The third-order valence-electron chi connectivity index (χ3n) is 1.67. The molecule has 1 aromatic carbocycles. The first-order valence-electron chi connectivity index (χ1n) is 3.37. The van der Waals surface area contributed by atoms with Crippen LogP contribution in [0.25, 0.3) is 0 Å². The second-order valence-corrected chi connectivity index (χ2v) is 2.80. The van der Waals surface area contributed by atoms with Gasteiger partial charge in [0.15, 0.2) is 5.36 Å². The Morgan fingerprint density at radius 2 is 2.38 bits per heavy atom. The van der Waals surface area contributed by atoms with E-state index >= 15 is 0 Å². The van der Waals surface area contributed by atoms with Crippen LogP contribution < -0.4 is 15.8 Å². The van der Waals surface area contributed by atoms with E-state index in [4.69, 9.17) is 11.6 Å². The van der Waals surface area contributed by atoms with Crippen molar-refractivity contribution in [3.63, 3.8) is 0 Å². The molecule has 66 valence electrons. The van der Waals surface area contributed by atoms with E-state index in [0.717, 1.165) is 0 Å². The molecule has 1 aliphatic rings. The summed E-state index contributed by atoms with van der Waals surface area (Å²) in [6.07, 6.45) is 0. The summed E-state index contributed by atoms with van der Waals surface area (Å²) in [5, 5.41) is 14.2. The smallest absolute Gasteiger partial charge is 0.206 e. The van der Waals surface area contributed by atoms with Crippen molar-refractivity contribution < 1.29 is 15.0 Å². The summed E-state index contributed by atoms with van der Waals surface area (Å²) in [7, 11) is 0. The minimum absolute atomic E-state index is 0.0602. The number of nitrogens with zero attached hydrogens (tertiary/aromatic N) is 1. The Morgan fingerprint density at radius 3 is 3.08 bits per heavy atom. The average Bonchev–Trinajstić information content (AvgIpc) is 2.48. The van der Waals surface area contributed by atoms with Crippen molar-refractivity contribution >= 4 is 23.2 Å². The van der Waals surface area contributed by atoms with E-state index in [0.29, 0.717) is 0 Å². The first-order chi connectivity index (χ1) is 6.24. The molecule has 2 rings (SSSR count). The molecule has 1 unspecified atom stereocenters. The van der Waals surface area contributed by atoms with Gasteiger partial charge >= 0.3 is 0 Å². The number of hydrogen-bond donors (Lipinski definition) is 1. The van der Waals surface area contributed by atoms with Gasteiger partial charge in [-0.25, -0.2) is 4.79 Å². The van der Waals surface area contributed by atoms with E-state index < -0.39 is 5.23 Å². The molecule has 6 heteroatoms. The quantitative estimate of drug-likeness (QED) is 0.508. The van der Waals surface area contributed by atoms with Crippen LogP contribution in [0.1, 0.15) is 0 Å². The van der Waals surface area contributed by atoms with Crippen LogP contribution in [0.3, 0.4) is 0 Å². The number of hydrogen-bond acceptors (Lipinski definition) is 4. The Hall–Kier alpha value is -1.39. The molecule has 1 aliphatic heterocycles. The van der Waals surface area contributed by atoms with Gasteiger partial charge in [0.2, 0.25) is 5.69 Å². The zero-order chi connectivity index (χ0) is 9.42. The summed E-state index contributed by atoms with van der Waals surface area (Å²) in [5.74, 6) is 1.61. The molecule has 5 nitrogen and oxygen atoms in total. The van der Waals surface area contributed by atoms with Crippen LogP contribution in [0.2, 0.25) is 5.02 Å². The van der Waals surface area contributed by atoms with Crippen LogP contribution in [0.5, 0.6) is 0 Å². The maximum Gasteiger partial charge on any atom is 0.206 e. The standard InChI is InChI=1S/C7H3ClN2O3/c8-5-1-2-6-7(4(5)3-11)9-13-10(6)12/h1-2,10H. The van der Waals surface area contributed by atoms with Crippen LogP contribution in [-0.2, 0) is 9.73 Å². The molecule has 1 aromatic rings. The average molecular weight is 199 g/mol. The Labute approximate surface area is 77.0 Å². The summed E-state index contributed by atoms with van der Waals surface area (Å²) in [6.45, 7) is 0. The number of halogens is 1. The van der Waals surface area contributed by atoms with Crippen molar-refractivity contribution in [2.45, 2.75) is 0 Å². The molecule has 13 heavy (non-hydrogen) atoms. The highest BCUT2D eigenvalue weighted by Crippen LogP contribution is 2.01.